The highest BCUT2D eigenvalue weighted by Gasteiger charge is 2.08. The quantitative estimate of drug-likeness (QED) is 0.688. The zero-order valence-corrected chi connectivity index (χ0v) is 11.9. The van der Waals surface area contributed by atoms with Crippen molar-refractivity contribution in [1.82, 2.24) is 14.4 Å². The van der Waals surface area contributed by atoms with Gasteiger partial charge in [-0.1, -0.05) is 6.07 Å². The van der Waals surface area contributed by atoms with Crippen molar-refractivity contribution in [3.05, 3.63) is 76.1 Å². The van der Waals surface area contributed by atoms with Gasteiger partial charge in [0.05, 0.1) is 11.3 Å². The number of fused-ring (bicyclic) bond motifs is 1. The molecule has 3 aromatic rings. The normalized spacial score (nSPS) is 10.6. The minimum absolute atomic E-state index is 0.0548. The molecule has 3 aromatic heterocycles. The number of rotatable bonds is 3. The van der Waals surface area contributed by atoms with Crippen LogP contribution in [0.25, 0.3) is 5.65 Å². The van der Waals surface area contributed by atoms with Crippen LogP contribution in [0.5, 0.6) is 0 Å². The summed E-state index contributed by atoms with van der Waals surface area (Å²) in [6.45, 7) is 1.84. The lowest BCUT2D eigenvalue weighted by molar-refractivity contribution is 0.0467. The lowest BCUT2D eigenvalue weighted by Gasteiger charge is -2.06. The molecule has 0 N–H and O–H groups in total. The third kappa shape index (κ3) is 2.85. The van der Waals surface area contributed by atoms with Crippen molar-refractivity contribution in [2.24, 2.45) is 0 Å². The maximum atomic E-state index is 12.0. The molecule has 0 aromatic carbocycles. The Balaban J connectivity index is 1.81. The van der Waals surface area contributed by atoms with Crippen LogP contribution < -0.4 is 5.56 Å². The van der Waals surface area contributed by atoms with Crippen LogP contribution in [0.3, 0.4) is 0 Å². The molecule has 0 amide bonds. The van der Waals surface area contributed by atoms with Gasteiger partial charge in [0, 0.05) is 24.7 Å². The largest absolute Gasteiger partial charge is 0.456 e. The van der Waals surface area contributed by atoms with Gasteiger partial charge in [0.15, 0.2) is 0 Å². The molecule has 110 valence electrons. The van der Waals surface area contributed by atoms with Crippen molar-refractivity contribution in [2.75, 3.05) is 0 Å². The first-order valence-corrected chi connectivity index (χ1v) is 6.69. The summed E-state index contributed by atoms with van der Waals surface area (Å²) in [5.74, 6) is -0.478. The van der Waals surface area contributed by atoms with Gasteiger partial charge >= 0.3 is 5.97 Å². The Morgan fingerprint density at radius 2 is 2.00 bits per heavy atom. The van der Waals surface area contributed by atoms with E-state index in [2.05, 4.69) is 9.97 Å². The van der Waals surface area contributed by atoms with Crippen LogP contribution in [0.2, 0.25) is 0 Å². The lowest BCUT2D eigenvalue weighted by Crippen LogP contribution is -2.16. The highest BCUT2D eigenvalue weighted by molar-refractivity contribution is 5.89. The van der Waals surface area contributed by atoms with Crippen LogP contribution in [0, 0.1) is 6.92 Å². The fourth-order valence-corrected chi connectivity index (χ4v) is 2.04. The number of hydrogen-bond donors (Lipinski definition) is 0. The molecule has 0 radical (unpaired) electrons. The summed E-state index contributed by atoms with van der Waals surface area (Å²) >= 11 is 0. The molecule has 0 aliphatic rings. The number of aryl methyl sites for hydroxylation is 1. The molecule has 22 heavy (non-hydrogen) atoms. The van der Waals surface area contributed by atoms with E-state index < -0.39 is 5.97 Å². The molecule has 0 aliphatic heterocycles. The number of carbonyl (C=O) groups excluding carboxylic acids is 1. The Hall–Kier alpha value is -3.02. The second kappa shape index (κ2) is 5.77. The molecule has 3 rings (SSSR count). The Kier molecular flexibility index (Phi) is 3.65. The van der Waals surface area contributed by atoms with Gasteiger partial charge in [-0.25, -0.2) is 9.78 Å². The average molecular weight is 295 g/mol. The molecule has 6 nitrogen and oxygen atoms in total. The third-order valence-electron chi connectivity index (χ3n) is 3.13. The smallest absolute Gasteiger partial charge is 0.338 e. The van der Waals surface area contributed by atoms with Gasteiger partial charge in [0.1, 0.15) is 12.3 Å². The molecule has 0 spiro atoms. The first-order chi connectivity index (χ1) is 10.6. The molecule has 0 saturated heterocycles. The zero-order chi connectivity index (χ0) is 15.5. The van der Waals surface area contributed by atoms with Gasteiger partial charge in [-0.15, -0.1) is 0 Å². The van der Waals surface area contributed by atoms with Crippen LogP contribution in [0.4, 0.5) is 0 Å². The summed E-state index contributed by atoms with van der Waals surface area (Å²) < 4.78 is 6.63. The topological polar surface area (TPSA) is 73.6 Å². The summed E-state index contributed by atoms with van der Waals surface area (Å²) in [6.07, 6.45) is 4.75. The standard InChI is InChI=1S/C16H13N3O3/c1-11-2-3-14-18-13(8-15(20)19(14)9-11)10-22-16(21)12-4-6-17-7-5-12/h2-9H,10H2,1H3. The van der Waals surface area contributed by atoms with Crippen molar-refractivity contribution in [1.29, 1.82) is 0 Å². The van der Waals surface area contributed by atoms with Gasteiger partial charge in [0.2, 0.25) is 0 Å². The fraction of sp³-hybridized carbons (Fsp3) is 0.125. The van der Waals surface area contributed by atoms with E-state index in [9.17, 15) is 9.59 Å². The number of esters is 1. The number of carbonyl (C=O) groups is 1. The van der Waals surface area contributed by atoms with E-state index in [0.717, 1.165) is 5.56 Å². The monoisotopic (exact) mass is 295 g/mol. The molecular weight excluding hydrogens is 282 g/mol. The highest BCUT2D eigenvalue weighted by Crippen LogP contribution is 2.05. The van der Waals surface area contributed by atoms with E-state index >= 15 is 0 Å². The van der Waals surface area contributed by atoms with Crippen molar-refractivity contribution in [2.45, 2.75) is 13.5 Å². The minimum Gasteiger partial charge on any atom is -0.456 e. The van der Waals surface area contributed by atoms with Crippen LogP contribution in [-0.2, 0) is 11.3 Å². The third-order valence-corrected chi connectivity index (χ3v) is 3.13. The number of nitrogens with zero attached hydrogens (tertiary/aromatic N) is 3. The maximum Gasteiger partial charge on any atom is 0.338 e. The summed E-state index contributed by atoms with van der Waals surface area (Å²) in [5.41, 5.74) is 2.10. The molecule has 0 fully saturated rings. The Morgan fingerprint density at radius 3 is 2.77 bits per heavy atom. The number of hydrogen-bond acceptors (Lipinski definition) is 5. The molecule has 0 aliphatic carbocycles. The highest BCUT2D eigenvalue weighted by atomic mass is 16.5. The van der Waals surface area contributed by atoms with Crippen LogP contribution in [0.15, 0.2) is 53.7 Å². The molecule has 0 atom stereocenters. The first kappa shape index (κ1) is 13.9. The van der Waals surface area contributed by atoms with Crippen molar-refractivity contribution < 1.29 is 9.53 Å². The van der Waals surface area contributed by atoms with Gasteiger partial charge in [-0.05, 0) is 30.7 Å². The second-order valence-electron chi connectivity index (χ2n) is 4.83. The summed E-state index contributed by atoms with van der Waals surface area (Å²) in [5, 5.41) is 0. The Morgan fingerprint density at radius 1 is 1.23 bits per heavy atom. The fourth-order valence-electron chi connectivity index (χ4n) is 2.04. The number of pyridine rings is 2. The van der Waals surface area contributed by atoms with Crippen LogP contribution in [-0.4, -0.2) is 20.3 Å². The predicted octanol–water partition coefficient (Wildman–Crippen LogP) is 1.75. The molecule has 0 unspecified atom stereocenters. The minimum atomic E-state index is -0.478. The maximum absolute atomic E-state index is 12.0. The predicted molar refractivity (Wildman–Crippen MR) is 79.6 cm³/mol. The van der Waals surface area contributed by atoms with Gasteiger partial charge < -0.3 is 4.74 Å². The van der Waals surface area contributed by atoms with E-state index in [0.29, 0.717) is 16.9 Å². The molecule has 0 bridgehead atoms. The van der Waals surface area contributed by atoms with Gasteiger partial charge in [0.25, 0.3) is 5.56 Å². The van der Waals surface area contributed by atoms with E-state index in [4.69, 9.17) is 4.74 Å². The summed E-state index contributed by atoms with van der Waals surface area (Å²) in [6, 6.07) is 8.12. The van der Waals surface area contributed by atoms with E-state index in [-0.39, 0.29) is 12.2 Å². The van der Waals surface area contributed by atoms with Crippen molar-refractivity contribution in [3.63, 3.8) is 0 Å². The molecule has 6 heteroatoms. The molecule has 0 saturated carbocycles. The average Bonchev–Trinajstić information content (AvgIpc) is 2.54. The summed E-state index contributed by atoms with van der Waals surface area (Å²) in [4.78, 5) is 32.0. The van der Waals surface area contributed by atoms with Crippen molar-refractivity contribution in [3.8, 4) is 0 Å². The van der Waals surface area contributed by atoms with Gasteiger partial charge in [-0.3, -0.25) is 14.2 Å². The van der Waals surface area contributed by atoms with E-state index in [1.54, 1.807) is 24.4 Å². The Labute approximate surface area is 126 Å². The number of ether oxygens (including phenoxy) is 1. The number of aromatic nitrogens is 3. The van der Waals surface area contributed by atoms with Crippen molar-refractivity contribution >= 4 is 11.6 Å². The van der Waals surface area contributed by atoms with E-state index in [1.165, 1.54) is 22.9 Å². The zero-order valence-electron chi connectivity index (χ0n) is 11.9. The van der Waals surface area contributed by atoms with Crippen LogP contribution >= 0.6 is 0 Å². The van der Waals surface area contributed by atoms with E-state index in [1.807, 2.05) is 13.0 Å². The SMILES string of the molecule is Cc1ccc2nc(COC(=O)c3ccncc3)cc(=O)n2c1. The Bertz CT molecular complexity index is 888. The molecule has 3 heterocycles. The summed E-state index contributed by atoms with van der Waals surface area (Å²) in [7, 11) is 0. The lowest BCUT2D eigenvalue weighted by atomic mass is 10.3. The van der Waals surface area contributed by atoms with Crippen LogP contribution in [0.1, 0.15) is 21.6 Å². The second-order valence-corrected chi connectivity index (χ2v) is 4.83. The van der Waals surface area contributed by atoms with Gasteiger partial charge in [-0.2, -0.15) is 0 Å². The molecular formula is C16H13N3O3. The first-order valence-electron chi connectivity index (χ1n) is 6.69.